The molecule has 0 spiro atoms. The Morgan fingerprint density at radius 3 is 2.52 bits per heavy atom. The third-order valence-corrected chi connectivity index (χ3v) is 6.27. The minimum Gasteiger partial charge on any atom is -0.495 e. The number of nitrogens with one attached hydrogen (secondary N) is 2. The first kappa shape index (κ1) is 20.0. The molecule has 1 saturated carbocycles. The molecule has 1 fully saturated rings. The number of amides is 1. The van der Waals surface area contributed by atoms with Gasteiger partial charge in [-0.15, -0.1) is 0 Å². The molecule has 25 heavy (non-hydrogen) atoms. The van der Waals surface area contributed by atoms with Crippen molar-refractivity contribution in [2.24, 2.45) is 11.8 Å². The van der Waals surface area contributed by atoms with Crippen LogP contribution in [0.4, 0.5) is 5.69 Å². The summed E-state index contributed by atoms with van der Waals surface area (Å²) in [5, 5.41) is 3.34. The molecule has 1 aliphatic carbocycles. The van der Waals surface area contributed by atoms with Crippen LogP contribution >= 0.6 is 11.6 Å². The van der Waals surface area contributed by atoms with Crippen LogP contribution in [-0.2, 0) is 14.8 Å². The zero-order chi connectivity index (χ0) is 18.4. The number of carbonyl (C=O) groups is 1. The molecule has 0 saturated heterocycles. The van der Waals surface area contributed by atoms with Gasteiger partial charge in [0.05, 0.1) is 17.9 Å². The summed E-state index contributed by atoms with van der Waals surface area (Å²) < 4.78 is 30.7. The average Bonchev–Trinajstić information content (AvgIpc) is 2.60. The Morgan fingerprint density at radius 1 is 1.28 bits per heavy atom. The van der Waals surface area contributed by atoms with Crippen molar-refractivity contribution in [1.29, 1.82) is 0 Å². The van der Waals surface area contributed by atoms with E-state index in [1.54, 1.807) is 32.2 Å². The highest BCUT2D eigenvalue weighted by atomic mass is 35.5. The Balaban J connectivity index is 1.82. The first-order valence-electron chi connectivity index (χ1n) is 8.46. The predicted molar refractivity (Wildman–Crippen MR) is 99.5 cm³/mol. The van der Waals surface area contributed by atoms with Gasteiger partial charge in [0.1, 0.15) is 5.75 Å². The van der Waals surface area contributed by atoms with E-state index in [2.05, 4.69) is 10.0 Å². The normalized spacial score (nSPS) is 20.9. The van der Waals surface area contributed by atoms with Crippen LogP contribution in [0.3, 0.4) is 0 Å². The van der Waals surface area contributed by atoms with Gasteiger partial charge in [-0.1, -0.05) is 11.6 Å². The van der Waals surface area contributed by atoms with Crippen molar-refractivity contribution in [3.63, 3.8) is 0 Å². The number of benzene rings is 1. The fraction of sp³-hybridized carbons (Fsp3) is 0.588. The summed E-state index contributed by atoms with van der Waals surface area (Å²) in [7, 11) is -1.61. The van der Waals surface area contributed by atoms with Gasteiger partial charge in [-0.3, -0.25) is 4.79 Å². The fourth-order valence-corrected chi connectivity index (χ4v) is 3.92. The van der Waals surface area contributed by atoms with Crippen LogP contribution in [-0.4, -0.2) is 33.7 Å². The summed E-state index contributed by atoms with van der Waals surface area (Å²) in [5.74, 6) is 0.874. The first-order chi connectivity index (χ1) is 11.8. The largest absolute Gasteiger partial charge is 0.495 e. The van der Waals surface area contributed by atoms with Gasteiger partial charge in [-0.05, 0) is 56.7 Å². The summed E-state index contributed by atoms with van der Waals surface area (Å²) in [4.78, 5) is 12.4. The minimum absolute atomic E-state index is 0.0196. The molecular weight excluding hydrogens is 364 g/mol. The summed E-state index contributed by atoms with van der Waals surface area (Å²) >= 11 is 6.07. The zero-order valence-electron chi connectivity index (χ0n) is 14.5. The van der Waals surface area contributed by atoms with Crippen LogP contribution < -0.4 is 14.8 Å². The summed E-state index contributed by atoms with van der Waals surface area (Å²) in [6.45, 7) is 2.08. The quantitative estimate of drug-likeness (QED) is 0.751. The van der Waals surface area contributed by atoms with E-state index in [9.17, 15) is 13.2 Å². The highest BCUT2D eigenvalue weighted by Crippen LogP contribution is 2.31. The van der Waals surface area contributed by atoms with Gasteiger partial charge in [0.2, 0.25) is 15.9 Å². The molecule has 0 aromatic heterocycles. The molecule has 6 nitrogen and oxygen atoms in total. The van der Waals surface area contributed by atoms with E-state index in [0.717, 1.165) is 25.7 Å². The molecule has 1 aromatic rings. The van der Waals surface area contributed by atoms with Crippen molar-refractivity contribution >= 4 is 33.2 Å². The first-order valence-corrected chi connectivity index (χ1v) is 10.5. The second kappa shape index (κ2) is 8.87. The van der Waals surface area contributed by atoms with E-state index in [-0.39, 0.29) is 17.6 Å². The van der Waals surface area contributed by atoms with Gasteiger partial charge < -0.3 is 10.1 Å². The van der Waals surface area contributed by atoms with Gasteiger partial charge >= 0.3 is 0 Å². The lowest BCUT2D eigenvalue weighted by molar-refractivity contribution is -0.121. The molecule has 0 aliphatic heterocycles. The highest BCUT2D eigenvalue weighted by Gasteiger charge is 2.27. The Hall–Kier alpha value is -1.31. The van der Waals surface area contributed by atoms with E-state index in [1.165, 1.54) is 0 Å². The van der Waals surface area contributed by atoms with Crippen molar-refractivity contribution in [3.8, 4) is 5.75 Å². The maximum Gasteiger partial charge on any atom is 0.227 e. The molecule has 0 atom stereocenters. The van der Waals surface area contributed by atoms with Crippen LogP contribution in [0, 0.1) is 11.8 Å². The Kier molecular flexibility index (Phi) is 7.10. The van der Waals surface area contributed by atoms with Crippen LogP contribution in [0.1, 0.15) is 32.6 Å². The van der Waals surface area contributed by atoms with E-state index in [1.807, 2.05) is 0 Å². The second-order valence-corrected chi connectivity index (χ2v) is 8.81. The van der Waals surface area contributed by atoms with E-state index >= 15 is 0 Å². The van der Waals surface area contributed by atoms with Crippen molar-refractivity contribution < 1.29 is 17.9 Å². The predicted octanol–water partition coefficient (Wildman–Crippen LogP) is 3.03. The molecule has 0 bridgehead atoms. The standard InChI is InChI=1S/C17H25ClN2O4S/c1-3-25(22,23)19-11-12-4-6-13(7-5-12)17(21)20-14-8-9-16(24-2)15(18)10-14/h8-10,12-13,19H,3-7,11H2,1-2H3,(H,20,21). The minimum atomic E-state index is -3.15. The number of halogens is 1. The van der Waals surface area contributed by atoms with E-state index in [0.29, 0.717) is 28.9 Å². The smallest absolute Gasteiger partial charge is 0.227 e. The average molecular weight is 389 g/mol. The van der Waals surface area contributed by atoms with Crippen molar-refractivity contribution in [3.05, 3.63) is 23.2 Å². The van der Waals surface area contributed by atoms with Crippen LogP contribution in [0.25, 0.3) is 0 Å². The van der Waals surface area contributed by atoms with Crippen molar-refractivity contribution in [2.45, 2.75) is 32.6 Å². The van der Waals surface area contributed by atoms with Gasteiger partial charge in [0.15, 0.2) is 0 Å². The number of anilines is 1. The van der Waals surface area contributed by atoms with Crippen molar-refractivity contribution in [2.75, 3.05) is 24.7 Å². The second-order valence-electron chi connectivity index (χ2n) is 6.31. The number of ether oxygens (including phenoxy) is 1. The Bertz CT molecular complexity index is 701. The molecule has 0 radical (unpaired) electrons. The maximum atomic E-state index is 12.4. The number of sulfonamides is 1. The number of carbonyl (C=O) groups excluding carboxylic acids is 1. The van der Waals surface area contributed by atoms with Gasteiger partial charge in [-0.2, -0.15) is 0 Å². The zero-order valence-corrected chi connectivity index (χ0v) is 16.1. The molecule has 2 N–H and O–H groups in total. The van der Waals surface area contributed by atoms with Crippen LogP contribution in [0.5, 0.6) is 5.75 Å². The lowest BCUT2D eigenvalue weighted by Crippen LogP contribution is -2.34. The van der Waals surface area contributed by atoms with E-state index in [4.69, 9.17) is 16.3 Å². The summed E-state index contributed by atoms with van der Waals surface area (Å²) in [6, 6.07) is 5.14. The lowest BCUT2D eigenvalue weighted by atomic mass is 9.81. The van der Waals surface area contributed by atoms with Gasteiger partial charge in [-0.25, -0.2) is 13.1 Å². The van der Waals surface area contributed by atoms with Gasteiger partial charge in [0, 0.05) is 18.2 Å². The molecule has 1 aromatic carbocycles. The summed E-state index contributed by atoms with van der Waals surface area (Å²) in [5.41, 5.74) is 0.647. The molecule has 140 valence electrons. The number of rotatable bonds is 7. The molecule has 1 aliphatic rings. The number of hydrogen-bond donors (Lipinski definition) is 2. The molecule has 0 unspecified atom stereocenters. The lowest BCUT2D eigenvalue weighted by Gasteiger charge is -2.27. The number of methoxy groups -OCH3 is 1. The third-order valence-electron chi connectivity index (χ3n) is 4.61. The van der Waals surface area contributed by atoms with E-state index < -0.39 is 10.0 Å². The Labute approximate surface area is 154 Å². The number of hydrogen-bond acceptors (Lipinski definition) is 4. The molecule has 0 heterocycles. The molecule has 8 heteroatoms. The van der Waals surface area contributed by atoms with Crippen molar-refractivity contribution in [1.82, 2.24) is 4.72 Å². The SMILES string of the molecule is CCS(=O)(=O)NCC1CCC(C(=O)Nc2ccc(OC)c(Cl)c2)CC1. The summed E-state index contributed by atoms with van der Waals surface area (Å²) in [6.07, 6.45) is 3.20. The molecule has 2 rings (SSSR count). The topological polar surface area (TPSA) is 84.5 Å². The van der Waals surface area contributed by atoms with Gasteiger partial charge in [0.25, 0.3) is 0 Å². The Morgan fingerprint density at radius 2 is 1.96 bits per heavy atom. The maximum absolute atomic E-state index is 12.4. The highest BCUT2D eigenvalue weighted by molar-refractivity contribution is 7.89. The molecular formula is C17H25ClN2O4S. The van der Waals surface area contributed by atoms with Crippen LogP contribution in [0.15, 0.2) is 18.2 Å². The third kappa shape index (κ3) is 5.87. The monoisotopic (exact) mass is 388 g/mol. The van der Waals surface area contributed by atoms with Crippen LogP contribution in [0.2, 0.25) is 5.02 Å². The fourth-order valence-electron chi connectivity index (χ4n) is 2.96. The molecule has 1 amide bonds.